The lowest BCUT2D eigenvalue weighted by molar-refractivity contribution is -0.128. The molecule has 1 N–H and O–H groups in total. The molecule has 4 rings (SSSR count). The van der Waals surface area contributed by atoms with Crippen molar-refractivity contribution in [2.45, 2.75) is 50.9 Å². The van der Waals surface area contributed by atoms with Crippen LogP contribution in [-0.4, -0.2) is 35.1 Å². The lowest BCUT2D eigenvalue weighted by Gasteiger charge is -2.43. The number of carbonyl (C=O) groups is 2. The predicted octanol–water partition coefficient (Wildman–Crippen LogP) is 4.03. The van der Waals surface area contributed by atoms with Crippen molar-refractivity contribution < 1.29 is 23.1 Å². The first-order valence-corrected chi connectivity index (χ1v) is 10.6. The summed E-state index contributed by atoms with van der Waals surface area (Å²) in [6.07, 6.45) is 2.88. The summed E-state index contributed by atoms with van der Waals surface area (Å²) < 4.78 is 34.4. The van der Waals surface area contributed by atoms with E-state index >= 15 is 0 Å². The molecule has 0 unspecified atom stereocenters. The first-order chi connectivity index (χ1) is 14.9. The Morgan fingerprint density at radius 2 is 1.71 bits per heavy atom. The monoisotopic (exact) mass is 428 g/mol. The summed E-state index contributed by atoms with van der Waals surface area (Å²) >= 11 is 0. The van der Waals surface area contributed by atoms with Gasteiger partial charge in [0.25, 0.3) is 5.91 Å². The van der Waals surface area contributed by atoms with Crippen molar-refractivity contribution in [3.63, 3.8) is 0 Å². The number of hydrogen-bond acceptors (Lipinski definition) is 3. The minimum Gasteiger partial charge on any atom is -0.353 e. The number of nitrogens with one attached hydrogen (secondary N) is 1. The highest BCUT2D eigenvalue weighted by molar-refractivity contribution is 5.98. The Hall–Kier alpha value is -2.80. The van der Waals surface area contributed by atoms with E-state index in [9.17, 15) is 18.4 Å². The van der Waals surface area contributed by atoms with Crippen molar-refractivity contribution in [2.75, 3.05) is 6.61 Å². The van der Waals surface area contributed by atoms with Gasteiger partial charge in [-0.05, 0) is 49.8 Å². The summed E-state index contributed by atoms with van der Waals surface area (Å²) in [5, 5.41) is 2.72. The van der Waals surface area contributed by atoms with Gasteiger partial charge in [0.15, 0.2) is 0 Å². The third kappa shape index (κ3) is 4.19. The van der Waals surface area contributed by atoms with Crippen LogP contribution < -0.4 is 5.32 Å². The molecule has 2 aromatic carbocycles. The van der Waals surface area contributed by atoms with E-state index in [1.807, 2.05) is 0 Å². The van der Waals surface area contributed by atoms with Crippen molar-refractivity contribution in [3.05, 3.63) is 71.3 Å². The molecule has 1 saturated heterocycles. The summed E-state index contributed by atoms with van der Waals surface area (Å²) in [7, 11) is 0. The summed E-state index contributed by atoms with van der Waals surface area (Å²) in [6, 6.07) is 11.0. The molecule has 31 heavy (non-hydrogen) atoms. The van der Waals surface area contributed by atoms with Crippen LogP contribution in [0, 0.1) is 17.6 Å². The highest BCUT2D eigenvalue weighted by atomic mass is 19.1. The van der Waals surface area contributed by atoms with Crippen LogP contribution in [0.1, 0.15) is 48.5 Å². The molecule has 1 atom stereocenters. The van der Waals surface area contributed by atoms with E-state index in [1.54, 1.807) is 24.3 Å². The van der Waals surface area contributed by atoms with Crippen molar-refractivity contribution >= 4 is 11.8 Å². The molecule has 0 aromatic heterocycles. The van der Waals surface area contributed by atoms with Gasteiger partial charge in [-0.2, -0.15) is 0 Å². The van der Waals surface area contributed by atoms with Gasteiger partial charge in [0, 0.05) is 12.1 Å². The molecular weight excluding hydrogens is 402 g/mol. The number of nitrogens with zero attached hydrogens (tertiary/aromatic N) is 1. The van der Waals surface area contributed by atoms with Crippen LogP contribution in [0.4, 0.5) is 8.78 Å². The SMILES string of the molecule is CC1CCC2(CC1)OC[C@H](C(=O)NCc1ccccc1F)N2C(=O)c1ccccc1F. The highest BCUT2D eigenvalue weighted by Gasteiger charge is 2.53. The molecule has 7 heteroatoms. The van der Waals surface area contributed by atoms with Gasteiger partial charge in [-0.3, -0.25) is 14.5 Å². The molecule has 1 saturated carbocycles. The van der Waals surface area contributed by atoms with E-state index in [4.69, 9.17) is 4.74 Å². The summed E-state index contributed by atoms with van der Waals surface area (Å²) in [5.74, 6) is -1.56. The normalized spacial score (nSPS) is 25.6. The smallest absolute Gasteiger partial charge is 0.259 e. The molecule has 2 fully saturated rings. The molecule has 5 nitrogen and oxygen atoms in total. The zero-order valence-corrected chi connectivity index (χ0v) is 17.4. The van der Waals surface area contributed by atoms with E-state index in [2.05, 4.69) is 12.2 Å². The van der Waals surface area contributed by atoms with Crippen molar-refractivity contribution in [3.8, 4) is 0 Å². The van der Waals surface area contributed by atoms with Crippen LogP contribution in [0.15, 0.2) is 48.5 Å². The summed E-state index contributed by atoms with van der Waals surface area (Å²) in [6.45, 7) is 2.16. The first kappa shape index (κ1) is 21.4. The molecule has 0 bridgehead atoms. The van der Waals surface area contributed by atoms with Gasteiger partial charge in [0.05, 0.1) is 12.2 Å². The van der Waals surface area contributed by atoms with Crippen LogP contribution in [0.3, 0.4) is 0 Å². The molecule has 2 amide bonds. The second kappa shape index (κ2) is 8.75. The quantitative estimate of drug-likeness (QED) is 0.800. The number of halogens is 2. The van der Waals surface area contributed by atoms with Crippen LogP contribution in [0.5, 0.6) is 0 Å². The van der Waals surface area contributed by atoms with Crippen LogP contribution >= 0.6 is 0 Å². The lowest BCUT2D eigenvalue weighted by Crippen LogP contribution is -2.56. The Balaban J connectivity index is 1.60. The van der Waals surface area contributed by atoms with Crippen molar-refractivity contribution in [1.82, 2.24) is 10.2 Å². The van der Waals surface area contributed by atoms with Gasteiger partial charge in [0.2, 0.25) is 5.91 Å². The molecule has 1 heterocycles. The maximum atomic E-state index is 14.4. The van der Waals surface area contributed by atoms with E-state index in [0.717, 1.165) is 12.8 Å². The molecule has 1 aliphatic carbocycles. The van der Waals surface area contributed by atoms with Crippen molar-refractivity contribution in [2.24, 2.45) is 5.92 Å². The van der Waals surface area contributed by atoms with E-state index in [-0.39, 0.29) is 18.7 Å². The van der Waals surface area contributed by atoms with Gasteiger partial charge >= 0.3 is 0 Å². The van der Waals surface area contributed by atoms with Crippen LogP contribution in [0.25, 0.3) is 0 Å². The number of amides is 2. The second-order valence-corrected chi connectivity index (χ2v) is 8.42. The Morgan fingerprint density at radius 1 is 1.06 bits per heavy atom. The molecule has 164 valence electrons. The maximum Gasteiger partial charge on any atom is 0.259 e. The number of carbonyl (C=O) groups excluding carboxylic acids is 2. The Morgan fingerprint density at radius 3 is 2.39 bits per heavy atom. The molecule has 1 spiro atoms. The average molecular weight is 428 g/mol. The predicted molar refractivity (Wildman–Crippen MR) is 111 cm³/mol. The highest BCUT2D eigenvalue weighted by Crippen LogP contribution is 2.43. The molecular formula is C24H26F2N2O3. The Kier molecular flexibility index (Phi) is 6.05. The third-order valence-electron chi connectivity index (χ3n) is 6.35. The fraction of sp³-hybridized carbons (Fsp3) is 0.417. The summed E-state index contributed by atoms with van der Waals surface area (Å²) in [5.41, 5.74) is -0.660. The van der Waals surface area contributed by atoms with Gasteiger partial charge in [-0.25, -0.2) is 8.78 Å². The third-order valence-corrected chi connectivity index (χ3v) is 6.35. The van der Waals surface area contributed by atoms with Gasteiger partial charge in [-0.15, -0.1) is 0 Å². The van der Waals surface area contributed by atoms with E-state index in [1.165, 1.54) is 29.2 Å². The minimum atomic E-state index is -0.925. The standard InChI is InChI=1S/C24H26F2N2O3/c1-16-10-12-24(13-11-16)28(23(30)18-7-3-5-9-20(18)26)21(15-31-24)22(29)27-14-17-6-2-4-8-19(17)25/h2-9,16,21H,10-15H2,1H3,(H,27,29)/t16?,21-,24?/m1/s1. The average Bonchev–Trinajstić information content (AvgIpc) is 3.14. The van der Waals surface area contributed by atoms with Gasteiger partial charge < -0.3 is 10.1 Å². The number of ether oxygens (including phenoxy) is 1. The van der Waals surface area contributed by atoms with E-state index < -0.39 is 35.2 Å². The largest absolute Gasteiger partial charge is 0.353 e. The Bertz CT molecular complexity index is 973. The van der Waals surface area contributed by atoms with Crippen molar-refractivity contribution in [1.29, 1.82) is 0 Å². The number of rotatable bonds is 4. The first-order valence-electron chi connectivity index (χ1n) is 10.6. The molecule has 2 aromatic rings. The fourth-order valence-corrected chi connectivity index (χ4v) is 4.49. The molecule has 0 radical (unpaired) electrons. The summed E-state index contributed by atoms with van der Waals surface area (Å²) in [4.78, 5) is 27.9. The zero-order valence-electron chi connectivity index (χ0n) is 17.4. The van der Waals surface area contributed by atoms with E-state index in [0.29, 0.717) is 24.3 Å². The Labute approximate surface area is 180 Å². The number of benzene rings is 2. The maximum absolute atomic E-state index is 14.4. The van der Waals surface area contributed by atoms with Crippen LogP contribution in [0.2, 0.25) is 0 Å². The topological polar surface area (TPSA) is 58.6 Å². The lowest BCUT2D eigenvalue weighted by atomic mass is 9.83. The second-order valence-electron chi connectivity index (χ2n) is 8.42. The fourth-order valence-electron chi connectivity index (χ4n) is 4.49. The number of hydrogen-bond donors (Lipinski definition) is 1. The van der Waals surface area contributed by atoms with Gasteiger partial charge in [0.1, 0.15) is 23.4 Å². The minimum absolute atomic E-state index is 0.00618. The molecule has 2 aliphatic rings. The van der Waals surface area contributed by atoms with Gasteiger partial charge in [-0.1, -0.05) is 37.3 Å². The van der Waals surface area contributed by atoms with Crippen LogP contribution in [-0.2, 0) is 16.1 Å². The molecule has 1 aliphatic heterocycles. The zero-order chi connectivity index (χ0) is 22.0.